The van der Waals surface area contributed by atoms with Crippen LogP contribution in [0.25, 0.3) is 11.5 Å². The van der Waals surface area contributed by atoms with Gasteiger partial charge < -0.3 is 19.2 Å². The van der Waals surface area contributed by atoms with Crippen molar-refractivity contribution < 1.29 is 23.5 Å². The highest BCUT2D eigenvalue weighted by atomic mass is 35.5. The van der Waals surface area contributed by atoms with Gasteiger partial charge in [-0.15, -0.1) is 10.2 Å². The molecule has 33 heavy (non-hydrogen) atoms. The van der Waals surface area contributed by atoms with Gasteiger partial charge in [-0.3, -0.25) is 9.59 Å². The molecule has 0 saturated heterocycles. The van der Waals surface area contributed by atoms with E-state index < -0.39 is 24.1 Å². The SMILES string of the molecule is CC(=O)Oc1ccc(-c2nnc(C(Nc3ccc(C#N)c(Cl)c3C)C(C)OC(C)=O)o2)cc1. The van der Waals surface area contributed by atoms with E-state index in [1.165, 1.54) is 13.8 Å². The molecule has 3 rings (SSSR count). The van der Waals surface area contributed by atoms with Crippen LogP contribution < -0.4 is 10.1 Å². The molecule has 10 heteroatoms. The molecule has 2 unspecified atom stereocenters. The Labute approximate surface area is 195 Å². The van der Waals surface area contributed by atoms with Crippen molar-refractivity contribution in [2.24, 2.45) is 0 Å². The molecule has 0 bridgehead atoms. The summed E-state index contributed by atoms with van der Waals surface area (Å²) in [6.07, 6.45) is -0.670. The van der Waals surface area contributed by atoms with E-state index in [0.717, 1.165) is 0 Å². The maximum atomic E-state index is 11.6. The molecule has 1 N–H and O–H groups in total. The second-order valence-electron chi connectivity index (χ2n) is 7.21. The Balaban J connectivity index is 1.92. The number of nitrogens with zero attached hydrogens (tertiary/aromatic N) is 3. The zero-order chi connectivity index (χ0) is 24.1. The van der Waals surface area contributed by atoms with Gasteiger partial charge in [-0.1, -0.05) is 11.6 Å². The number of aromatic nitrogens is 2. The lowest BCUT2D eigenvalue weighted by molar-refractivity contribution is -0.146. The van der Waals surface area contributed by atoms with Crippen molar-refractivity contribution >= 4 is 29.2 Å². The van der Waals surface area contributed by atoms with Gasteiger partial charge in [-0.25, -0.2) is 0 Å². The van der Waals surface area contributed by atoms with E-state index in [4.69, 9.17) is 25.5 Å². The van der Waals surface area contributed by atoms with Crippen LogP contribution in [0.2, 0.25) is 5.02 Å². The van der Waals surface area contributed by atoms with E-state index in [2.05, 4.69) is 15.5 Å². The lowest BCUT2D eigenvalue weighted by atomic mass is 10.1. The molecule has 2 aromatic carbocycles. The second kappa shape index (κ2) is 10.1. The monoisotopic (exact) mass is 468 g/mol. The number of esters is 2. The Hall–Kier alpha value is -3.90. The third kappa shape index (κ3) is 5.67. The Bertz CT molecular complexity index is 1220. The van der Waals surface area contributed by atoms with Gasteiger partial charge >= 0.3 is 11.9 Å². The highest BCUT2D eigenvalue weighted by molar-refractivity contribution is 6.32. The zero-order valence-electron chi connectivity index (χ0n) is 18.4. The third-order valence-corrected chi connectivity index (χ3v) is 5.20. The van der Waals surface area contributed by atoms with Crippen molar-refractivity contribution in [2.75, 3.05) is 5.32 Å². The van der Waals surface area contributed by atoms with E-state index in [1.807, 2.05) is 6.07 Å². The number of nitrogens with one attached hydrogen (secondary N) is 1. The molecular weight excluding hydrogens is 448 g/mol. The molecule has 0 amide bonds. The molecule has 2 atom stereocenters. The molecule has 170 valence electrons. The molecule has 0 fully saturated rings. The maximum Gasteiger partial charge on any atom is 0.308 e. The number of halogens is 1. The van der Waals surface area contributed by atoms with Crippen LogP contribution in [0, 0.1) is 18.3 Å². The summed E-state index contributed by atoms with van der Waals surface area (Å²) < 4.78 is 16.3. The average molecular weight is 469 g/mol. The molecule has 1 aromatic heterocycles. The smallest absolute Gasteiger partial charge is 0.308 e. The number of carbonyl (C=O) groups is 2. The van der Waals surface area contributed by atoms with Crippen molar-refractivity contribution in [1.82, 2.24) is 10.2 Å². The minimum Gasteiger partial charge on any atom is -0.460 e. The summed E-state index contributed by atoms with van der Waals surface area (Å²) in [5, 5.41) is 21.0. The molecule has 0 aliphatic heterocycles. The quantitative estimate of drug-likeness (QED) is 0.390. The number of hydrogen-bond acceptors (Lipinski definition) is 9. The summed E-state index contributed by atoms with van der Waals surface area (Å²) >= 11 is 6.29. The van der Waals surface area contributed by atoms with Crippen molar-refractivity contribution in [3.8, 4) is 23.3 Å². The first-order chi connectivity index (χ1) is 15.7. The lowest BCUT2D eigenvalue weighted by Crippen LogP contribution is -2.28. The largest absolute Gasteiger partial charge is 0.460 e. The fourth-order valence-corrected chi connectivity index (χ4v) is 3.32. The van der Waals surface area contributed by atoms with Crippen LogP contribution in [0.4, 0.5) is 5.69 Å². The number of carbonyl (C=O) groups excluding carboxylic acids is 2. The first-order valence-electron chi connectivity index (χ1n) is 9.94. The van der Waals surface area contributed by atoms with Crippen LogP contribution in [-0.4, -0.2) is 28.2 Å². The zero-order valence-corrected chi connectivity index (χ0v) is 19.1. The maximum absolute atomic E-state index is 11.6. The number of benzene rings is 2. The fourth-order valence-electron chi connectivity index (χ4n) is 3.11. The van der Waals surface area contributed by atoms with Gasteiger partial charge in [0.2, 0.25) is 11.8 Å². The van der Waals surface area contributed by atoms with Gasteiger partial charge in [0, 0.05) is 25.1 Å². The third-order valence-electron chi connectivity index (χ3n) is 4.71. The number of ether oxygens (including phenoxy) is 2. The standard InChI is InChI=1S/C23H21ClN4O5/c1-12-19(10-7-17(11-25)20(12)24)26-21(13(2)31-14(3)29)23-28-27-22(33-23)16-5-8-18(9-6-16)32-15(4)30/h5-10,13,21,26H,1-4H3. The average Bonchev–Trinajstić information content (AvgIpc) is 3.24. The number of anilines is 1. The van der Waals surface area contributed by atoms with Crippen LogP contribution in [0.3, 0.4) is 0 Å². The van der Waals surface area contributed by atoms with Gasteiger partial charge in [0.1, 0.15) is 24.0 Å². The summed E-state index contributed by atoms with van der Waals surface area (Å²) in [7, 11) is 0. The van der Waals surface area contributed by atoms with Crippen LogP contribution >= 0.6 is 11.6 Å². The molecule has 9 nitrogen and oxygen atoms in total. The van der Waals surface area contributed by atoms with E-state index in [0.29, 0.717) is 33.1 Å². The minimum absolute atomic E-state index is 0.183. The molecule has 0 spiro atoms. The summed E-state index contributed by atoms with van der Waals surface area (Å²) in [5.74, 6) is -0.0836. The van der Waals surface area contributed by atoms with Gasteiger partial charge in [0.05, 0.1) is 10.6 Å². The summed E-state index contributed by atoms with van der Waals surface area (Å²) in [5.41, 5.74) is 2.23. The molecule has 0 aliphatic rings. The van der Waals surface area contributed by atoms with E-state index in [1.54, 1.807) is 50.2 Å². The van der Waals surface area contributed by atoms with Crippen molar-refractivity contribution in [2.45, 2.75) is 39.8 Å². The Morgan fingerprint density at radius 2 is 1.82 bits per heavy atom. The molecule has 0 radical (unpaired) electrons. The second-order valence-corrected chi connectivity index (χ2v) is 7.59. The van der Waals surface area contributed by atoms with Gasteiger partial charge in [0.25, 0.3) is 0 Å². The molecule has 3 aromatic rings. The first-order valence-corrected chi connectivity index (χ1v) is 10.3. The predicted molar refractivity (Wildman–Crippen MR) is 120 cm³/mol. The highest BCUT2D eigenvalue weighted by Gasteiger charge is 2.28. The van der Waals surface area contributed by atoms with Crippen molar-refractivity contribution in [1.29, 1.82) is 5.26 Å². The Kier molecular flexibility index (Phi) is 7.30. The van der Waals surface area contributed by atoms with Crippen LogP contribution in [-0.2, 0) is 14.3 Å². The first kappa shape index (κ1) is 23.8. The van der Waals surface area contributed by atoms with Crippen molar-refractivity contribution in [3.63, 3.8) is 0 Å². The van der Waals surface area contributed by atoms with Crippen LogP contribution in [0.15, 0.2) is 40.8 Å². The topological polar surface area (TPSA) is 127 Å². The Morgan fingerprint density at radius 3 is 2.42 bits per heavy atom. The van der Waals surface area contributed by atoms with E-state index in [-0.39, 0.29) is 11.8 Å². The molecular formula is C23H21ClN4O5. The predicted octanol–water partition coefficient (Wildman–Crippen LogP) is 4.60. The van der Waals surface area contributed by atoms with Gasteiger partial charge in [-0.05, 0) is 55.8 Å². The van der Waals surface area contributed by atoms with Crippen LogP contribution in [0.1, 0.15) is 43.8 Å². The highest BCUT2D eigenvalue weighted by Crippen LogP contribution is 2.32. The van der Waals surface area contributed by atoms with E-state index in [9.17, 15) is 14.9 Å². The number of rotatable bonds is 7. The summed E-state index contributed by atoms with van der Waals surface area (Å²) in [6, 6.07) is 11.2. The summed E-state index contributed by atoms with van der Waals surface area (Å²) in [6.45, 7) is 6.08. The number of nitriles is 1. The van der Waals surface area contributed by atoms with E-state index >= 15 is 0 Å². The molecule has 1 heterocycles. The normalized spacial score (nSPS) is 12.4. The van der Waals surface area contributed by atoms with Gasteiger partial charge in [-0.2, -0.15) is 5.26 Å². The minimum atomic E-state index is -0.696. The lowest BCUT2D eigenvalue weighted by Gasteiger charge is -2.24. The number of hydrogen-bond donors (Lipinski definition) is 1. The van der Waals surface area contributed by atoms with Crippen LogP contribution in [0.5, 0.6) is 5.75 Å². The molecule has 0 saturated carbocycles. The van der Waals surface area contributed by atoms with Crippen molar-refractivity contribution in [3.05, 3.63) is 58.4 Å². The molecule has 0 aliphatic carbocycles. The summed E-state index contributed by atoms with van der Waals surface area (Å²) in [4.78, 5) is 22.7. The fraction of sp³-hybridized carbons (Fsp3) is 0.261. The van der Waals surface area contributed by atoms with Gasteiger partial charge in [0.15, 0.2) is 0 Å². The Morgan fingerprint density at radius 1 is 1.12 bits per heavy atom.